The summed E-state index contributed by atoms with van der Waals surface area (Å²) in [5, 5.41) is 7.18. The largest absolute Gasteiger partial charge is 0.316 e. The van der Waals surface area contributed by atoms with E-state index < -0.39 is 0 Å². The zero-order valence-corrected chi connectivity index (χ0v) is 7.83. The van der Waals surface area contributed by atoms with Gasteiger partial charge in [-0.05, 0) is 14.0 Å². The smallest absolute Gasteiger partial charge is 0.0562 e. The van der Waals surface area contributed by atoms with Crippen molar-refractivity contribution in [3.8, 4) is 0 Å². The summed E-state index contributed by atoms with van der Waals surface area (Å²) in [4.78, 5) is 0. The minimum atomic E-state index is 0.925. The van der Waals surface area contributed by atoms with Crippen molar-refractivity contribution < 1.29 is 0 Å². The lowest BCUT2D eigenvalue weighted by Gasteiger charge is -1.96. The molecule has 0 spiro atoms. The summed E-state index contributed by atoms with van der Waals surface area (Å²) in [6, 6.07) is 0. The summed E-state index contributed by atoms with van der Waals surface area (Å²) in [5.41, 5.74) is 2.47. The van der Waals surface area contributed by atoms with Gasteiger partial charge in [0.05, 0.1) is 6.20 Å². The van der Waals surface area contributed by atoms with E-state index in [2.05, 4.69) is 23.4 Å². The van der Waals surface area contributed by atoms with E-state index in [1.54, 1.807) is 4.68 Å². The molecule has 0 saturated heterocycles. The Morgan fingerprint density at radius 3 is 3.00 bits per heavy atom. The summed E-state index contributed by atoms with van der Waals surface area (Å²) in [7, 11) is 3.87. The molecular weight excluding hydrogens is 150 g/mol. The van der Waals surface area contributed by atoms with Gasteiger partial charge in [0, 0.05) is 25.4 Å². The first kappa shape index (κ1) is 9.00. The molecule has 1 heterocycles. The highest BCUT2D eigenvalue weighted by molar-refractivity contribution is 5.50. The molecule has 0 radical (unpaired) electrons. The second-order valence-electron chi connectivity index (χ2n) is 2.97. The maximum Gasteiger partial charge on any atom is 0.0562 e. The molecule has 0 aliphatic carbocycles. The lowest BCUT2D eigenvalue weighted by Crippen LogP contribution is -2.08. The summed E-state index contributed by atoms with van der Waals surface area (Å²) >= 11 is 0. The fourth-order valence-corrected chi connectivity index (χ4v) is 1.13. The van der Waals surface area contributed by atoms with E-state index in [4.69, 9.17) is 0 Å². The van der Waals surface area contributed by atoms with Crippen molar-refractivity contribution in [3.63, 3.8) is 0 Å². The van der Waals surface area contributed by atoms with Crippen LogP contribution in [0.25, 0.3) is 6.08 Å². The van der Waals surface area contributed by atoms with Crippen LogP contribution in [0.3, 0.4) is 0 Å². The second-order valence-corrected chi connectivity index (χ2v) is 2.97. The highest BCUT2D eigenvalue weighted by atomic mass is 15.2. The zero-order valence-electron chi connectivity index (χ0n) is 7.83. The molecule has 12 heavy (non-hydrogen) atoms. The molecular formula is C9H15N3. The average molecular weight is 165 g/mol. The molecule has 0 unspecified atom stereocenters. The van der Waals surface area contributed by atoms with Gasteiger partial charge in [-0.2, -0.15) is 5.10 Å². The molecule has 0 saturated carbocycles. The molecule has 66 valence electrons. The summed E-state index contributed by atoms with van der Waals surface area (Å²) in [6.45, 7) is 3.03. The molecule has 1 rings (SSSR count). The Morgan fingerprint density at radius 1 is 1.75 bits per heavy atom. The third kappa shape index (κ3) is 2.51. The molecule has 0 aliphatic rings. The molecule has 0 fully saturated rings. The minimum absolute atomic E-state index is 0.925. The van der Waals surface area contributed by atoms with E-state index >= 15 is 0 Å². The Balaban J connectivity index is 2.67. The standard InChI is InChI=1S/C9H15N3/c1-8(5-10-2)4-9-6-11-12(3)7-9/h4,6-7,10H,5H2,1-3H3. The SMILES string of the molecule is CNCC(C)=Cc1cnn(C)c1. The van der Waals surface area contributed by atoms with Crippen LogP contribution in [-0.2, 0) is 7.05 Å². The third-order valence-electron chi connectivity index (χ3n) is 1.59. The molecule has 3 nitrogen and oxygen atoms in total. The Labute approximate surface area is 73.1 Å². The number of likely N-dealkylation sites (N-methyl/N-ethyl adjacent to an activating group) is 1. The summed E-state index contributed by atoms with van der Waals surface area (Å²) < 4.78 is 1.80. The summed E-state index contributed by atoms with van der Waals surface area (Å²) in [5.74, 6) is 0. The normalized spacial score (nSPS) is 12.1. The number of nitrogens with one attached hydrogen (secondary N) is 1. The highest BCUT2D eigenvalue weighted by Crippen LogP contribution is 2.03. The number of hydrogen-bond acceptors (Lipinski definition) is 2. The van der Waals surface area contributed by atoms with Crippen molar-refractivity contribution in [2.75, 3.05) is 13.6 Å². The monoisotopic (exact) mass is 165 g/mol. The molecule has 1 aromatic rings. The van der Waals surface area contributed by atoms with Crippen LogP contribution in [0.2, 0.25) is 0 Å². The quantitative estimate of drug-likeness (QED) is 0.725. The van der Waals surface area contributed by atoms with Crippen molar-refractivity contribution in [2.24, 2.45) is 7.05 Å². The van der Waals surface area contributed by atoms with Crippen LogP contribution >= 0.6 is 0 Å². The maximum atomic E-state index is 4.08. The molecule has 0 aliphatic heterocycles. The van der Waals surface area contributed by atoms with E-state index in [-0.39, 0.29) is 0 Å². The van der Waals surface area contributed by atoms with Crippen LogP contribution in [0.5, 0.6) is 0 Å². The summed E-state index contributed by atoms with van der Waals surface area (Å²) in [6.07, 6.45) is 5.99. The van der Waals surface area contributed by atoms with Crippen LogP contribution in [0.15, 0.2) is 18.0 Å². The fourth-order valence-electron chi connectivity index (χ4n) is 1.13. The highest BCUT2D eigenvalue weighted by Gasteiger charge is 1.92. The molecule has 0 bridgehead atoms. The van der Waals surface area contributed by atoms with Crippen LogP contribution in [0.1, 0.15) is 12.5 Å². The lowest BCUT2D eigenvalue weighted by atomic mass is 10.2. The molecule has 0 amide bonds. The minimum Gasteiger partial charge on any atom is -0.316 e. The number of nitrogens with zero attached hydrogens (tertiary/aromatic N) is 2. The Morgan fingerprint density at radius 2 is 2.50 bits per heavy atom. The van der Waals surface area contributed by atoms with Gasteiger partial charge in [0.25, 0.3) is 0 Å². The van der Waals surface area contributed by atoms with Gasteiger partial charge in [0.1, 0.15) is 0 Å². The van der Waals surface area contributed by atoms with Crippen molar-refractivity contribution in [3.05, 3.63) is 23.5 Å². The number of aryl methyl sites for hydroxylation is 1. The Bertz CT molecular complexity index is 273. The van der Waals surface area contributed by atoms with Crippen molar-refractivity contribution in [1.29, 1.82) is 0 Å². The van der Waals surface area contributed by atoms with Gasteiger partial charge in [-0.15, -0.1) is 0 Å². The van der Waals surface area contributed by atoms with Crippen LogP contribution in [0, 0.1) is 0 Å². The Hall–Kier alpha value is -1.09. The predicted octanol–water partition coefficient (Wildman–Crippen LogP) is 1.04. The van der Waals surface area contributed by atoms with E-state index in [9.17, 15) is 0 Å². The van der Waals surface area contributed by atoms with Gasteiger partial charge in [-0.25, -0.2) is 0 Å². The molecule has 1 N–H and O–H groups in total. The van der Waals surface area contributed by atoms with Crippen LogP contribution in [0.4, 0.5) is 0 Å². The second kappa shape index (κ2) is 4.07. The third-order valence-corrected chi connectivity index (χ3v) is 1.59. The van der Waals surface area contributed by atoms with Crippen molar-refractivity contribution in [1.82, 2.24) is 15.1 Å². The number of hydrogen-bond donors (Lipinski definition) is 1. The maximum absolute atomic E-state index is 4.08. The molecule has 1 aromatic heterocycles. The van der Waals surface area contributed by atoms with Gasteiger partial charge in [-0.1, -0.05) is 11.6 Å². The average Bonchev–Trinajstić information content (AvgIpc) is 2.36. The number of rotatable bonds is 3. The van der Waals surface area contributed by atoms with E-state index in [0.717, 1.165) is 12.1 Å². The van der Waals surface area contributed by atoms with Crippen molar-refractivity contribution >= 4 is 6.08 Å². The van der Waals surface area contributed by atoms with E-state index in [1.807, 2.05) is 26.5 Å². The molecule has 3 heteroatoms. The first-order valence-electron chi connectivity index (χ1n) is 4.03. The van der Waals surface area contributed by atoms with Gasteiger partial charge in [0.2, 0.25) is 0 Å². The van der Waals surface area contributed by atoms with Crippen LogP contribution in [-0.4, -0.2) is 23.4 Å². The molecule has 0 atom stereocenters. The van der Waals surface area contributed by atoms with Gasteiger partial charge < -0.3 is 5.32 Å². The Kier molecular flexibility index (Phi) is 3.05. The topological polar surface area (TPSA) is 29.9 Å². The van der Waals surface area contributed by atoms with E-state index in [0.29, 0.717) is 0 Å². The lowest BCUT2D eigenvalue weighted by molar-refractivity contribution is 0.767. The molecule has 0 aromatic carbocycles. The fraction of sp³-hybridized carbons (Fsp3) is 0.444. The van der Waals surface area contributed by atoms with Crippen molar-refractivity contribution in [2.45, 2.75) is 6.92 Å². The van der Waals surface area contributed by atoms with Gasteiger partial charge in [0.15, 0.2) is 0 Å². The predicted molar refractivity (Wildman–Crippen MR) is 50.8 cm³/mol. The van der Waals surface area contributed by atoms with E-state index in [1.165, 1.54) is 5.57 Å². The zero-order chi connectivity index (χ0) is 8.97. The van der Waals surface area contributed by atoms with Crippen LogP contribution < -0.4 is 5.32 Å². The number of aromatic nitrogens is 2. The first-order valence-corrected chi connectivity index (χ1v) is 4.03. The van der Waals surface area contributed by atoms with Gasteiger partial charge >= 0.3 is 0 Å². The first-order chi connectivity index (χ1) is 5.72. The van der Waals surface area contributed by atoms with Gasteiger partial charge in [-0.3, -0.25) is 4.68 Å².